The van der Waals surface area contributed by atoms with Crippen LogP contribution in [0.3, 0.4) is 0 Å². The SMILES string of the molecule is CCCNC(CCC1CCC(C)CC1)C1CC1. The Labute approximate surface area is 108 Å². The van der Waals surface area contributed by atoms with Gasteiger partial charge >= 0.3 is 0 Å². The van der Waals surface area contributed by atoms with E-state index in [1.54, 1.807) is 0 Å². The molecule has 2 saturated carbocycles. The van der Waals surface area contributed by atoms with Crippen molar-refractivity contribution in [2.45, 2.75) is 77.7 Å². The van der Waals surface area contributed by atoms with E-state index in [0.29, 0.717) is 0 Å². The molecular weight excluding hydrogens is 206 g/mol. The molecular formula is C16H31N. The number of nitrogens with one attached hydrogen (secondary N) is 1. The van der Waals surface area contributed by atoms with Crippen LogP contribution in [0.5, 0.6) is 0 Å². The molecule has 2 fully saturated rings. The van der Waals surface area contributed by atoms with Gasteiger partial charge in [-0.25, -0.2) is 0 Å². The molecule has 1 heteroatoms. The molecule has 0 saturated heterocycles. The molecule has 2 rings (SSSR count). The molecule has 1 atom stereocenters. The summed E-state index contributed by atoms with van der Waals surface area (Å²) >= 11 is 0. The second kappa shape index (κ2) is 6.78. The first-order valence-electron chi connectivity index (χ1n) is 8.03. The van der Waals surface area contributed by atoms with E-state index in [1.165, 1.54) is 64.3 Å². The average Bonchev–Trinajstić information content (AvgIpc) is 3.16. The van der Waals surface area contributed by atoms with Gasteiger partial charge in [-0.3, -0.25) is 0 Å². The van der Waals surface area contributed by atoms with Gasteiger partial charge in [0.05, 0.1) is 0 Å². The lowest BCUT2D eigenvalue weighted by atomic mass is 9.80. The maximum atomic E-state index is 3.78. The molecule has 100 valence electrons. The van der Waals surface area contributed by atoms with Crippen LogP contribution in [-0.2, 0) is 0 Å². The summed E-state index contributed by atoms with van der Waals surface area (Å²) in [5.41, 5.74) is 0. The zero-order valence-corrected chi connectivity index (χ0v) is 11.9. The molecule has 1 nitrogen and oxygen atoms in total. The fourth-order valence-corrected chi connectivity index (χ4v) is 3.37. The predicted octanol–water partition coefficient (Wildman–Crippen LogP) is 4.37. The number of rotatable bonds is 7. The Hall–Kier alpha value is -0.0400. The summed E-state index contributed by atoms with van der Waals surface area (Å²) in [5, 5.41) is 3.78. The Morgan fingerprint density at radius 1 is 1.06 bits per heavy atom. The van der Waals surface area contributed by atoms with Gasteiger partial charge < -0.3 is 5.32 Å². The van der Waals surface area contributed by atoms with E-state index in [-0.39, 0.29) is 0 Å². The Morgan fingerprint density at radius 2 is 1.76 bits per heavy atom. The minimum atomic E-state index is 0.856. The second-order valence-corrected chi connectivity index (χ2v) is 6.60. The van der Waals surface area contributed by atoms with Gasteiger partial charge in [0.25, 0.3) is 0 Å². The van der Waals surface area contributed by atoms with Crippen molar-refractivity contribution in [3.63, 3.8) is 0 Å². The first-order chi connectivity index (χ1) is 8.29. The molecule has 0 amide bonds. The summed E-state index contributed by atoms with van der Waals surface area (Å²) in [7, 11) is 0. The smallest absolute Gasteiger partial charge is 0.00954 e. The standard InChI is InChI=1S/C16H31N/c1-3-12-17-16(15-9-10-15)11-8-14-6-4-13(2)5-7-14/h13-17H,3-12H2,1-2H3. The Bertz CT molecular complexity index is 202. The van der Waals surface area contributed by atoms with Gasteiger partial charge in [0.2, 0.25) is 0 Å². The highest BCUT2D eigenvalue weighted by Crippen LogP contribution is 2.37. The fraction of sp³-hybridized carbons (Fsp3) is 1.00. The molecule has 17 heavy (non-hydrogen) atoms. The van der Waals surface area contributed by atoms with Crippen molar-refractivity contribution >= 4 is 0 Å². The molecule has 0 heterocycles. The highest BCUT2D eigenvalue weighted by Gasteiger charge is 2.31. The predicted molar refractivity (Wildman–Crippen MR) is 75.2 cm³/mol. The van der Waals surface area contributed by atoms with Gasteiger partial charge in [-0.15, -0.1) is 0 Å². The van der Waals surface area contributed by atoms with Crippen molar-refractivity contribution in [2.75, 3.05) is 6.54 Å². The van der Waals surface area contributed by atoms with Crippen molar-refractivity contribution in [1.29, 1.82) is 0 Å². The van der Waals surface area contributed by atoms with Crippen LogP contribution in [0.4, 0.5) is 0 Å². The van der Waals surface area contributed by atoms with E-state index in [0.717, 1.165) is 23.8 Å². The molecule has 2 aliphatic carbocycles. The normalized spacial score (nSPS) is 31.4. The number of hydrogen-bond acceptors (Lipinski definition) is 1. The van der Waals surface area contributed by atoms with E-state index in [9.17, 15) is 0 Å². The molecule has 0 aromatic rings. The van der Waals surface area contributed by atoms with Crippen molar-refractivity contribution in [3.8, 4) is 0 Å². The number of hydrogen-bond donors (Lipinski definition) is 1. The maximum absolute atomic E-state index is 3.78. The first-order valence-corrected chi connectivity index (χ1v) is 8.03. The van der Waals surface area contributed by atoms with Crippen molar-refractivity contribution in [1.82, 2.24) is 5.32 Å². The average molecular weight is 237 g/mol. The molecule has 2 aliphatic rings. The molecule has 0 spiro atoms. The lowest BCUT2D eigenvalue weighted by Gasteiger charge is -2.28. The van der Waals surface area contributed by atoms with E-state index in [2.05, 4.69) is 19.2 Å². The molecule has 0 aliphatic heterocycles. The van der Waals surface area contributed by atoms with Crippen molar-refractivity contribution in [3.05, 3.63) is 0 Å². The van der Waals surface area contributed by atoms with Crippen molar-refractivity contribution < 1.29 is 0 Å². The van der Waals surface area contributed by atoms with Crippen LogP contribution in [0, 0.1) is 17.8 Å². The highest BCUT2D eigenvalue weighted by atomic mass is 14.9. The summed E-state index contributed by atoms with van der Waals surface area (Å²) in [4.78, 5) is 0. The van der Waals surface area contributed by atoms with Crippen LogP contribution in [0.2, 0.25) is 0 Å². The minimum Gasteiger partial charge on any atom is -0.314 e. The lowest BCUT2D eigenvalue weighted by Crippen LogP contribution is -2.32. The molecule has 1 unspecified atom stereocenters. The van der Waals surface area contributed by atoms with Crippen LogP contribution < -0.4 is 5.32 Å². The summed E-state index contributed by atoms with van der Waals surface area (Å²) < 4.78 is 0. The fourth-order valence-electron chi connectivity index (χ4n) is 3.37. The van der Waals surface area contributed by atoms with E-state index in [1.807, 2.05) is 0 Å². The van der Waals surface area contributed by atoms with Crippen LogP contribution >= 0.6 is 0 Å². The second-order valence-electron chi connectivity index (χ2n) is 6.60. The summed E-state index contributed by atoms with van der Waals surface area (Å²) in [6, 6.07) is 0.856. The van der Waals surface area contributed by atoms with E-state index >= 15 is 0 Å². The highest BCUT2D eigenvalue weighted by molar-refractivity contribution is 4.87. The van der Waals surface area contributed by atoms with Gasteiger partial charge in [0.1, 0.15) is 0 Å². The van der Waals surface area contributed by atoms with E-state index < -0.39 is 0 Å². The molecule has 0 aromatic heterocycles. The topological polar surface area (TPSA) is 12.0 Å². The third kappa shape index (κ3) is 4.62. The zero-order chi connectivity index (χ0) is 12.1. The molecule has 0 aromatic carbocycles. The Balaban J connectivity index is 1.64. The quantitative estimate of drug-likeness (QED) is 0.693. The van der Waals surface area contributed by atoms with Gasteiger partial charge in [-0.05, 0) is 56.4 Å². The van der Waals surface area contributed by atoms with Gasteiger partial charge in [-0.1, -0.05) is 39.5 Å². The Morgan fingerprint density at radius 3 is 2.35 bits per heavy atom. The van der Waals surface area contributed by atoms with Crippen LogP contribution in [0.15, 0.2) is 0 Å². The minimum absolute atomic E-state index is 0.856. The van der Waals surface area contributed by atoms with Gasteiger partial charge in [-0.2, -0.15) is 0 Å². The lowest BCUT2D eigenvalue weighted by molar-refractivity contribution is 0.260. The molecule has 0 bridgehead atoms. The summed E-state index contributed by atoms with van der Waals surface area (Å²) in [5.74, 6) is 3.09. The van der Waals surface area contributed by atoms with Gasteiger partial charge in [0.15, 0.2) is 0 Å². The largest absolute Gasteiger partial charge is 0.314 e. The Kier molecular flexibility index (Phi) is 5.34. The van der Waals surface area contributed by atoms with Crippen LogP contribution in [0.1, 0.15) is 71.6 Å². The monoisotopic (exact) mass is 237 g/mol. The molecule has 1 N–H and O–H groups in total. The summed E-state index contributed by atoms with van der Waals surface area (Å²) in [6.45, 7) is 5.92. The third-order valence-corrected chi connectivity index (χ3v) is 4.87. The third-order valence-electron chi connectivity index (χ3n) is 4.87. The van der Waals surface area contributed by atoms with E-state index in [4.69, 9.17) is 0 Å². The van der Waals surface area contributed by atoms with Crippen LogP contribution in [-0.4, -0.2) is 12.6 Å². The maximum Gasteiger partial charge on any atom is 0.00954 e. The van der Waals surface area contributed by atoms with Crippen molar-refractivity contribution in [2.24, 2.45) is 17.8 Å². The van der Waals surface area contributed by atoms with Gasteiger partial charge in [0, 0.05) is 6.04 Å². The molecule has 0 radical (unpaired) electrons. The summed E-state index contributed by atoms with van der Waals surface area (Å²) in [6.07, 6.45) is 13.2. The first kappa shape index (κ1) is 13.4. The van der Waals surface area contributed by atoms with Crippen LogP contribution in [0.25, 0.3) is 0 Å². The zero-order valence-electron chi connectivity index (χ0n) is 11.9.